The fourth-order valence-electron chi connectivity index (χ4n) is 1.77. The summed E-state index contributed by atoms with van der Waals surface area (Å²) in [5.74, 6) is 1.20. The van der Waals surface area contributed by atoms with Crippen molar-refractivity contribution in [2.75, 3.05) is 6.61 Å². The van der Waals surface area contributed by atoms with E-state index in [0.717, 1.165) is 12.2 Å². The second-order valence-corrected chi connectivity index (χ2v) is 10.5. The lowest BCUT2D eigenvalue weighted by Crippen LogP contribution is -2.29. The van der Waals surface area contributed by atoms with Gasteiger partial charge in [0.25, 0.3) is 5.97 Å². The Balaban J connectivity index is 2.37. The molecule has 0 spiro atoms. The average molecular weight is 294 g/mol. The van der Waals surface area contributed by atoms with Gasteiger partial charge in [-0.05, 0) is 49.7 Å². The van der Waals surface area contributed by atoms with Crippen molar-refractivity contribution >= 4 is 14.3 Å². The summed E-state index contributed by atoms with van der Waals surface area (Å²) >= 11 is 0. The zero-order valence-electron chi connectivity index (χ0n) is 13.2. The Morgan fingerprint density at radius 2 is 1.80 bits per heavy atom. The lowest BCUT2D eigenvalue weighted by Gasteiger charge is -2.17. The van der Waals surface area contributed by atoms with Gasteiger partial charge in [-0.25, -0.2) is 0 Å². The second-order valence-electron chi connectivity index (χ2n) is 6.06. The van der Waals surface area contributed by atoms with Crippen LogP contribution < -0.4 is 4.74 Å². The zero-order chi connectivity index (χ0) is 15.2. The minimum Gasteiger partial charge on any atom is -0.520 e. The van der Waals surface area contributed by atoms with Crippen molar-refractivity contribution in [3.8, 4) is 5.75 Å². The van der Waals surface area contributed by atoms with Crippen molar-refractivity contribution in [1.82, 2.24) is 0 Å². The summed E-state index contributed by atoms with van der Waals surface area (Å²) in [5.41, 5.74) is 1.32. The Morgan fingerprint density at radius 3 is 2.30 bits per heavy atom. The Morgan fingerprint density at radius 1 is 1.20 bits per heavy atom. The molecular formula is C16H26O3Si. The summed E-state index contributed by atoms with van der Waals surface area (Å²) in [6.07, 6.45) is 1.43. The molecule has 1 aromatic rings. The first-order valence-electron chi connectivity index (χ1n) is 7.26. The molecule has 1 aromatic carbocycles. The fraction of sp³-hybridized carbons (Fsp3) is 0.562. The van der Waals surface area contributed by atoms with Gasteiger partial charge >= 0.3 is 0 Å². The highest BCUT2D eigenvalue weighted by Crippen LogP contribution is 2.21. The summed E-state index contributed by atoms with van der Waals surface area (Å²) in [7, 11) is -1.78. The van der Waals surface area contributed by atoms with Crippen molar-refractivity contribution in [2.45, 2.75) is 52.2 Å². The van der Waals surface area contributed by atoms with E-state index in [9.17, 15) is 4.79 Å². The number of carbonyl (C=O) groups is 1. The molecule has 3 nitrogen and oxygen atoms in total. The molecule has 0 aromatic heterocycles. The van der Waals surface area contributed by atoms with E-state index in [0.29, 0.717) is 18.9 Å². The number of hydrogen-bond acceptors (Lipinski definition) is 3. The third kappa shape index (κ3) is 6.24. The molecule has 0 saturated heterocycles. The predicted molar refractivity (Wildman–Crippen MR) is 84.7 cm³/mol. The van der Waals surface area contributed by atoms with Gasteiger partial charge in [0.15, 0.2) is 0 Å². The summed E-state index contributed by atoms with van der Waals surface area (Å²) in [6, 6.07) is 8.10. The van der Waals surface area contributed by atoms with Crippen LogP contribution in [0.25, 0.3) is 0 Å². The van der Waals surface area contributed by atoms with Crippen LogP contribution in [0.4, 0.5) is 0 Å². The molecule has 0 radical (unpaired) electrons. The second kappa shape index (κ2) is 7.48. The highest BCUT2D eigenvalue weighted by molar-refractivity contribution is 6.71. The summed E-state index contributed by atoms with van der Waals surface area (Å²) in [5, 5.41) is 0. The van der Waals surface area contributed by atoms with Gasteiger partial charge < -0.3 is 9.16 Å². The number of rotatable bonds is 7. The molecule has 112 valence electrons. The molecule has 0 heterocycles. The molecule has 0 aliphatic heterocycles. The van der Waals surface area contributed by atoms with Crippen molar-refractivity contribution < 1.29 is 14.0 Å². The summed E-state index contributed by atoms with van der Waals surface area (Å²) < 4.78 is 10.9. The molecule has 0 bridgehead atoms. The molecule has 0 saturated carbocycles. The molecule has 1 atom stereocenters. The van der Waals surface area contributed by atoms with Crippen LogP contribution in [0.1, 0.15) is 38.2 Å². The van der Waals surface area contributed by atoms with Crippen molar-refractivity contribution in [3.63, 3.8) is 0 Å². The Bertz CT molecular complexity index is 420. The van der Waals surface area contributed by atoms with Gasteiger partial charge in [0.2, 0.25) is 8.32 Å². The maximum atomic E-state index is 11.6. The summed E-state index contributed by atoms with van der Waals surface area (Å²) in [6.45, 7) is 10.8. The van der Waals surface area contributed by atoms with E-state index in [4.69, 9.17) is 9.16 Å². The first kappa shape index (κ1) is 16.8. The van der Waals surface area contributed by atoms with E-state index in [-0.39, 0.29) is 5.97 Å². The summed E-state index contributed by atoms with van der Waals surface area (Å²) in [4.78, 5) is 11.6. The van der Waals surface area contributed by atoms with Gasteiger partial charge in [0.1, 0.15) is 5.75 Å². The van der Waals surface area contributed by atoms with Crippen LogP contribution in [0.15, 0.2) is 24.3 Å². The van der Waals surface area contributed by atoms with Crippen molar-refractivity contribution in [1.29, 1.82) is 0 Å². The molecule has 4 heteroatoms. The van der Waals surface area contributed by atoms with Crippen molar-refractivity contribution in [2.24, 2.45) is 0 Å². The van der Waals surface area contributed by atoms with E-state index in [2.05, 4.69) is 26.0 Å². The van der Waals surface area contributed by atoms with Gasteiger partial charge in [0.05, 0.1) is 13.0 Å². The highest BCUT2D eigenvalue weighted by atomic mass is 28.4. The smallest absolute Gasteiger partial charge is 0.295 e. The molecule has 0 fully saturated rings. The molecule has 0 aliphatic carbocycles. The molecule has 0 amide bonds. The highest BCUT2D eigenvalue weighted by Gasteiger charge is 2.19. The van der Waals surface area contributed by atoms with Gasteiger partial charge in [0, 0.05) is 0 Å². The quantitative estimate of drug-likeness (QED) is 0.701. The van der Waals surface area contributed by atoms with E-state index < -0.39 is 8.32 Å². The monoisotopic (exact) mass is 294 g/mol. The lowest BCUT2D eigenvalue weighted by molar-refractivity contribution is -0.135. The number of benzene rings is 1. The Kier molecular flexibility index (Phi) is 6.27. The molecule has 20 heavy (non-hydrogen) atoms. The maximum absolute atomic E-state index is 11.6. The average Bonchev–Trinajstić information content (AvgIpc) is 2.36. The molecular weight excluding hydrogens is 268 g/mol. The molecule has 1 unspecified atom stereocenters. The normalized spacial score (nSPS) is 12.8. The van der Waals surface area contributed by atoms with Crippen LogP contribution >= 0.6 is 0 Å². The minimum atomic E-state index is -1.78. The molecule has 1 rings (SSSR count). The molecule has 0 N–H and O–H groups in total. The van der Waals surface area contributed by atoms with Gasteiger partial charge in [-0.2, -0.15) is 0 Å². The van der Waals surface area contributed by atoms with E-state index in [1.54, 1.807) is 0 Å². The number of ether oxygens (including phenoxy) is 1. The van der Waals surface area contributed by atoms with Crippen LogP contribution in [-0.4, -0.2) is 20.9 Å². The van der Waals surface area contributed by atoms with Gasteiger partial charge in [-0.3, -0.25) is 4.79 Å². The van der Waals surface area contributed by atoms with Crippen LogP contribution in [0.3, 0.4) is 0 Å². The first-order valence-corrected chi connectivity index (χ1v) is 10.7. The number of carbonyl (C=O) groups excluding carboxylic acids is 1. The molecule has 0 aliphatic rings. The van der Waals surface area contributed by atoms with Crippen LogP contribution in [-0.2, 0) is 9.22 Å². The Hall–Kier alpha value is -1.29. The van der Waals surface area contributed by atoms with Gasteiger partial charge in [-0.1, -0.05) is 26.0 Å². The third-order valence-corrected chi connectivity index (χ3v) is 3.90. The topological polar surface area (TPSA) is 35.5 Å². The van der Waals surface area contributed by atoms with E-state index in [1.807, 2.05) is 31.8 Å². The van der Waals surface area contributed by atoms with Gasteiger partial charge in [-0.15, -0.1) is 0 Å². The fourth-order valence-corrected chi connectivity index (χ4v) is 2.56. The lowest BCUT2D eigenvalue weighted by atomic mass is 9.99. The largest absolute Gasteiger partial charge is 0.520 e. The first-order chi connectivity index (χ1) is 9.31. The van der Waals surface area contributed by atoms with Crippen LogP contribution in [0, 0.1) is 0 Å². The van der Waals surface area contributed by atoms with Crippen molar-refractivity contribution in [3.05, 3.63) is 29.8 Å². The van der Waals surface area contributed by atoms with E-state index >= 15 is 0 Å². The van der Waals surface area contributed by atoms with Crippen LogP contribution in [0.5, 0.6) is 5.75 Å². The zero-order valence-corrected chi connectivity index (χ0v) is 14.2. The van der Waals surface area contributed by atoms with Crippen LogP contribution in [0.2, 0.25) is 19.6 Å². The van der Waals surface area contributed by atoms with E-state index in [1.165, 1.54) is 5.56 Å². The standard InChI is InChI=1S/C16H26O3Si/c1-6-13(2)14-7-9-15(10-8-14)18-12-11-16(17)19-20(3,4)5/h7-10,13H,6,11-12H2,1-5H3. The predicted octanol–water partition coefficient (Wildman–Crippen LogP) is 4.35. The third-order valence-electron chi connectivity index (χ3n) is 3.06. The minimum absolute atomic E-state index is 0.166. The number of hydrogen-bond donors (Lipinski definition) is 0. The maximum Gasteiger partial charge on any atom is 0.295 e. The SMILES string of the molecule is CCC(C)c1ccc(OCCC(=O)O[Si](C)(C)C)cc1. The Labute approximate surface area is 123 Å².